The highest BCUT2D eigenvalue weighted by Gasteiger charge is 2.46. The van der Waals surface area contributed by atoms with Crippen molar-refractivity contribution in [3.05, 3.63) is 10.6 Å². The predicted octanol–water partition coefficient (Wildman–Crippen LogP) is 1.90. The molecule has 1 aliphatic rings. The van der Waals surface area contributed by atoms with Crippen molar-refractivity contribution in [2.24, 2.45) is 5.73 Å². The number of nitrogens with two attached hydrogens (primary N) is 1. The third kappa shape index (κ3) is 1.88. The van der Waals surface area contributed by atoms with Crippen LogP contribution >= 0.6 is 11.3 Å². The van der Waals surface area contributed by atoms with E-state index in [0.717, 1.165) is 18.1 Å². The summed E-state index contributed by atoms with van der Waals surface area (Å²) in [5.41, 5.74) is 7.28. The SMILES string of the molecule is Cc1nc(N(C)C)sc1C1(CCN)CC1. The van der Waals surface area contributed by atoms with Crippen LogP contribution in [0.5, 0.6) is 0 Å². The molecule has 0 aromatic carbocycles. The van der Waals surface area contributed by atoms with E-state index in [1.165, 1.54) is 23.4 Å². The lowest BCUT2D eigenvalue weighted by Gasteiger charge is -2.12. The zero-order chi connectivity index (χ0) is 11.1. The predicted molar refractivity (Wildman–Crippen MR) is 65.8 cm³/mol. The van der Waals surface area contributed by atoms with Crippen LogP contribution in [0.15, 0.2) is 0 Å². The van der Waals surface area contributed by atoms with Gasteiger partial charge in [-0.2, -0.15) is 0 Å². The van der Waals surface area contributed by atoms with Crippen LogP contribution in [0.25, 0.3) is 0 Å². The number of thiazole rings is 1. The quantitative estimate of drug-likeness (QED) is 0.851. The zero-order valence-corrected chi connectivity index (χ0v) is 10.5. The van der Waals surface area contributed by atoms with E-state index in [1.54, 1.807) is 0 Å². The number of aryl methyl sites for hydroxylation is 1. The van der Waals surface area contributed by atoms with Gasteiger partial charge in [-0.25, -0.2) is 4.98 Å². The molecule has 0 radical (unpaired) electrons. The van der Waals surface area contributed by atoms with Crippen LogP contribution < -0.4 is 10.6 Å². The molecule has 0 amide bonds. The molecule has 2 rings (SSSR count). The summed E-state index contributed by atoms with van der Waals surface area (Å²) in [4.78, 5) is 8.15. The van der Waals surface area contributed by atoms with Gasteiger partial charge < -0.3 is 10.6 Å². The lowest BCUT2D eigenvalue weighted by atomic mass is 9.99. The van der Waals surface area contributed by atoms with Crippen molar-refractivity contribution in [3.8, 4) is 0 Å². The highest BCUT2D eigenvalue weighted by Crippen LogP contribution is 2.54. The summed E-state index contributed by atoms with van der Waals surface area (Å²) in [6.07, 6.45) is 3.70. The third-order valence-electron chi connectivity index (χ3n) is 3.13. The van der Waals surface area contributed by atoms with E-state index < -0.39 is 0 Å². The first-order valence-corrected chi connectivity index (χ1v) is 6.26. The van der Waals surface area contributed by atoms with E-state index in [1.807, 2.05) is 25.4 Å². The number of aromatic nitrogens is 1. The van der Waals surface area contributed by atoms with Gasteiger partial charge in [-0.3, -0.25) is 0 Å². The van der Waals surface area contributed by atoms with Gasteiger partial charge in [0.05, 0.1) is 5.69 Å². The number of rotatable bonds is 4. The minimum absolute atomic E-state index is 0.394. The molecule has 4 heteroatoms. The second-order valence-electron chi connectivity index (χ2n) is 4.62. The fraction of sp³-hybridized carbons (Fsp3) is 0.727. The number of hydrogen-bond acceptors (Lipinski definition) is 4. The highest BCUT2D eigenvalue weighted by molar-refractivity contribution is 7.15. The maximum atomic E-state index is 5.68. The third-order valence-corrected chi connectivity index (χ3v) is 4.70. The molecule has 0 atom stereocenters. The van der Waals surface area contributed by atoms with Crippen LogP contribution in [0.3, 0.4) is 0 Å². The molecule has 0 saturated heterocycles. The molecule has 1 aromatic heterocycles. The monoisotopic (exact) mass is 225 g/mol. The Bertz CT molecular complexity index is 353. The van der Waals surface area contributed by atoms with Crippen LogP contribution in [-0.2, 0) is 5.41 Å². The van der Waals surface area contributed by atoms with Crippen LogP contribution in [-0.4, -0.2) is 25.6 Å². The number of hydrogen-bond donors (Lipinski definition) is 1. The van der Waals surface area contributed by atoms with Crippen molar-refractivity contribution < 1.29 is 0 Å². The smallest absolute Gasteiger partial charge is 0.185 e. The van der Waals surface area contributed by atoms with Crippen molar-refractivity contribution in [1.29, 1.82) is 0 Å². The molecule has 2 N–H and O–H groups in total. The van der Waals surface area contributed by atoms with Crippen molar-refractivity contribution >= 4 is 16.5 Å². The van der Waals surface area contributed by atoms with E-state index in [2.05, 4.69) is 16.8 Å². The molecule has 1 aliphatic carbocycles. The van der Waals surface area contributed by atoms with Crippen LogP contribution in [0, 0.1) is 6.92 Å². The summed E-state index contributed by atoms with van der Waals surface area (Å²) >= 11 is 1.84. The van der Waals surface area contributed by atoms with Gasteiger partial charge in [0.25, 0.3) is 0 Å². The molecule has 1 aromatic rings. The normalized spacial score (nSPS) is 17.9. The van der Waals surface area contributed by atoms with Gasteiger partial charge in [0, 0.05) is 24.4 Å². The molecule has 0 bridgehead atoms. The number of nitrogens with zero attached hydrogens (tertiary/aromatic N) is 2. The fourth-order valence-corrected chi connectivity index (χ4v) is 3.35. The van der Waals surface area contributed by atoms with Crippen LogP contribution in [0.2, 0.25) is 0 Å². The Labute approximate surface area is 95.3 Å². The topological polar surface area (TPSA) is 42.2 Å². The lowest BCUT2D eigenvalue weighted by Crippen LogP contribution is -2.13. The molecule has 0 aliphatic heterocycles. The maximum absolute atomic E-state index is 5.68. The Hall–Kier alpha value is -0.610. The molecular weight excluding hydrogens is 206 g/mol. The Balaban J connectivity index is 2.28. The van der Waals surface area contributed by atoms with Gasteiger partial charge in [0.2, 0.25) is 0 Å². The first kappa shape index (κ1) is 10.9. The van der Waals surface area contributed by atoms with Crippen molar-refractivity contribution in [3.63, 3.8) is 0 Å². The molecular formula is C11H19N3S. The van der Waals surface area contributed by atoms with E-state index in [-0.39, 0.29) is 0 Å². The molecule has 1 heterocycles. The summed E-state index contributed by atoms with van der Waals surface area (Å²) in [6.45, 7) is 2.91. The maximum Gasteiger partial charge on any atom is 0.185 e. The summed E-state index contributed by atoms with van der Waals surface area (Å²) in [7, 11) is 4.09. The molecule has 1 fully saturated rings. The Morgan fingerprint density at radius 3 is 2.53 bits per heavy atom. The minimum Gasteiger partial charge on any atom is -0.354 e. The van der Waals surface area contributed by atoms with Gasteiger partial charge in [-0.15, -0.1) is 11.3 Å². The van der Waals surface area contributed by atoms with Gasteiger partial charge in [-0.1, -0.05) is 0 Å². The fourth-order valence-electron chi connectivity index (χ4n) is 2.08. The lowest BCUT2D eigenvalue weighted by molar-refractivity contribution is 0.635. The van der Waals surface area contributed by atoms with E-state index >= 15 is 0 Å². The largest absolute Gasteiger partial charge is 0.354 e. The standard InChI is InChI=1S/C11H19N3S/c1-8-9(11(4-5-11)6-7-12)15-10(13-8)14(2)3/h4-7,12H2,1-3H3. The molecule has 0 spiro atoms. The zero-order valence-electron chi connectivity index (χ0n) is 9.71. The number of anilines is 1. The average Bonchev–Trinajstić information content (AvgIpc) is 2.82. The van der Waals surface area contributed by atoms with E-state index in [4.69, 9.17) is 5.73 Å². The summed E-state index contributed by atoms with van der Waals surface area (Å²) in [5, 5.41) is 1.12. The van der Waals surface area contributed by atoms with E-state index in [9.17, 15) is 0 Å². The summed E-state index contributed by atoms with van der Waals surface area (Å²) < 4.78 is 0. The van der Waals surface area contributed by atoms with Gasteiger partial charge in [-0.05, 0) is 32.7 Å². The summed E-state index contributed by atoms with van der Waals surface area (Å²) in [5.74, 6) is 0. The van der Waals surface area contributed by atoms with Gasteiger partial charge in [0.1, 0.15) is 0 Å². The first-order valence-electron chi connectivity index (χ1n) is 5.44. The van der Waals surface area contributed by atoms with Gasteiger partial charge in [0.15, 0.2) is 5.13 Å². The first-order chi connectivity index (χ1) is 7.09. The highest BCUT2D eigenvalue weighted by atomic mass is 32.1. The van der Waals surface area contributed by atoms with Crippen molar-refractivity contribution in [2.75, 3.05) is 25.5 Å². The molecule has 15 heavy (non-hydrogen) atoms. The molecule has 0 unspecified atom stereocenters. The molecule has 3 nitrogen and oxygen atoms in total. The van der Waals surface area contributed by atoms with Crippen molar-refractivity contribution in [2.45, 2.75) is 31.6 Å². The van der Waals surface area contributed by atoms with Gasteiger partial charge >= 0.3 is 0 Å². The second kappa shape index (κ2) is 3.76. The minimum atomic E-state index is 0.394. The molecule has 84 valence electrons. The molecule has 1 saturated carbocycles. The Kier molecular flexibility index (Phi) is 2.73. The average molecular weight is 225 g/mol. The van der Waals surface area contributed by atoms with Crippen LogP contribution in [0.4, 0.5) is 5.13 Å². The van der Waals surface area contributed by atoms with Crippen LogP contribution in [0.1, 0.15) is 29.8 Å². The second-order valence-corrected chi connectivity index (χ2v) is 5.60. The summed E-state index contributed by atoms with van der Waals surface area (Å²) in [6, 6.07) is 0. The Morgan fingerprint density at radius 1 is 1.47 bits per heavy atom. The van der Waals surface area contributed by atoms with Crippen molar-refractivity contribution in [1.82, 2.24) is 4.98 Å². The van der Waals surface area contributed by atoms with E-state index in [0.29, 0.717) is 5.41 Å². The Morgan fingerprint density at radius 2 is 2.13 bits per heavy atom.